The predicted octanol–water partition coefficient (Wildman–Crippen LogP) is 4.30. The third kappa shape index (κ3) is 5.30. The Morgan fingerprint density at radius 2 is 1.84 bits per heavy atom. The van der Waals surface area contributed by atoms with Gasteiger partial charge in [-0.05, 0) is 32.8 Å². The molecule has 4 nitrogen and oxygen atoms in total. The van der Waals surface area contributed by atoms with Gasteiger partial charge in [-0.25, -0.2) is 9.97 Å². The first kappa shape index (κ1) is 17.9. The number of hydrogen-bond acceptors (Lipinski definition) is 4. The Bertz CT molecular complexity index is 724. The van der Waals surface area contributed by atoms with Gasteiger partial charge in [0.25, 0.3) is 0 Å². The molecule has 3 rings (SSSR count). The molecule has 5 heteroatoms. The average Bonchev–Trinajstić information content (AvgIpc) is 2.61. The first-order valence-corrected chi connectivity index (χ1v) is 9.93. The smallest absolute Gasteiger partial charge is 0.230 e. The van der Waals surface area contributed by atoms with Crippen LogP contribution >= 0.6 is 11.8 Å². The van der Waals surface area contributed by atoms with Gasteiger partial charge in [0.15, 0.2) is 5.16 Å². The van der Waals surface area contributed by atoms with E-state index in [-0.39, 0.29) is 5.91 Å². The summed E-state index contributed by atoms with van der Waals surface area (Å²) in [6.45, 7) is 4.03. The molecule has 0 aliphatic heterocycles. The van der Waals surface area contributed by atoms with Crippen molar-refractivity contribution in [1.29, 1.82) is 0 Å². The van der Waals surface area contributed by atoms with Crippen LogP contribution in [0, 0.1) is 13.8 Å². The molecule has 0 bridgehead atoms. The molecular weight excluding hydrogens is 330 g/mol. The topological polar surface area (TPSA) is 54.9 Å². The molecule has 1 fully saturated rings. The molecule has 1 amide bonds. The van der Waals surface area contributed by atoms with E-state index in [1.54, 1.807) is 0 Å². The van der Waals surface area contributed by atoms with Crippen LogP contribution in [0.5, 0.6) is 0 Å². The van der Waals surface area contributed by atoms with Crippen molar-refractivity contribution in [2.24, 2.45) is 0 Å². The van der Waals surface area contributed by atoms with Gasteiger partial charge in [-0.2, -0.15) is 0 Å². The van der Waals surface area contributed by atoms with Gasteiger partial charge in [-0.15, -0.1) is 0 Å². The minimum Gasteiger partial charge on any atom is -0.353 e. The van der Waals surface area contributed by atoms with Crippen LogP contribution in [0.2, 0.25) is 0 Å². The molecule has 1 aromatic heterocycles. The van der Waals surface area contributed by atoms with Crippen molar-refractivity contribution in [3.8, 4) is 11.3 Å². The SMILES string of the molecule is Cc1ccc(-c2cc(C)nc(SCC(=O)NC3CCCCC3)n2)cc1. The molecule has 132 valence electrons. The fraction of sp³-hybridized carbons (Fsp3) is 0.450. The van der Waals surface area contributed by atoms with E-state index < -0.39 is 0 Å². The summed E-state index contributed by atoms with van der Waals surface area (Å²) in [5.74, 6) is 0.451. The lowest BCUT2D eigenvalue weighted by Crippen LogP contribution is -2.37. The van der Waals surface area contributed by atoms with Crippen LogP contribution in [0.15, 0.2) is 35.5 Å². The first-order valence-electron chi connectivity index (χ1n) is 8.95. The van der Waals surface area contributed by atoms with Gasteiger partial charge in [-0.3, -0.25) is 4.79 Å². The fourth-order valence-corrected chi connectivity index (χ4v) is 3.84. The third-order valence-electron chi connectivity index (χ3n) is 4.48. The van der Waals surface area contributed by atoms with Gasteiger partial charge >= 0.3 is 0 Å². The minimum absolute atomic E-state index is 0.0823. The molecule has 1 N–H and O–H groups in total. The second-order valence-corrected chi connectivity index (χ2v) is 7.68. The van der Waals surface area contributed by atoms with E-state index >= 15 is 0 Å². The number of hydrogen-bond donors (Lipinski definition) is 1. The number of rotatable bonds is 5. The molecule has 25 heavy (non-hydrogen) atoms. The van der Waals surface area contributed by atoms with Gasteiger partial charge in [0.1, 0.15) is 0 Å². The second kappa shape index (κ2) is 8.48. The highest BCUT2D eigenvalue weighted by Crippen LogP contribution is 2.22. The molecule has 0 unspecified atom stereocenters. The predicted molar refractivity (Wildman–Crippen MR) is 103 cm³/mol. The van der Waals surface area contributed by atoms with Gasteiger partial charge in [-0.1, -0.05) is 60.9 Å². The lowest BCUT2D eigenvalue weighted by molar-refractivity contribution is -0.119. The highest BCUT2D eigenvalue weighted by molar-refractivity contribution is 7.99. The largest absolute Gasteiger partial charge is 0.353 e. The number of aryl methyl sites for hydroxylation is 2. The first-order chi connectivity index (χ1) is 12.1. The maximum absolute atomic E-state index is 12.2. The zero-order chi connectivity index (χ0) is 17.6. The van der Waals surface area contributed by atoms with Crippen LogP contribution in [-0.4, -0.2) is 27.7 Å². The summed E-state index contributed by atoms with van der Waals surface area (Å²) >= 11 is 1.41. The maximum atomic E-state index is 12.2. The normalized spacial score (nSPS) is 15.1. The van der Waals surface area contributed by atoms with Crippen LogP contribution in [0.4, 0.5) is 0 Å². The lowest BCUT2D eigenvalue weighted by atomic mass is 9.95. The molecule has 2 aromatic rings. The summed E-state index contributed by atoms with van der Waals surface area (Å²) in [4.78, 5) is 21.3. The van der Waals surface area contributed by atoms with Gasteiger partial charge in [0, 0.05) is 17.3 Å². The van der Waals surface area contributed by atoms with E-state index in [4.69, 9.17) is 0 Å². The molecule has 1 saturated carbocycles. The number of nitrogens with zero attached hydrogens (tertiary/aromatic N) is 2. The Kier molecular flexibility index (Phi) is 6.08. The zero-order valence-corrected chi connectivity index (χ0v) is 15.7. The van der Waals surface area contributed by atoms with E-state index in [0.717, 1.165) is 29.8 Å². The molecule has 0 saturated heterocycles. The number of carbonyl (C=O) groups excluding carboxylic acids is 1. The van der Waals surface area contributed by atoms with Crippen molar-refractivity contribution in [3.05, 3.63) is 41.6 Å². The highest BCUT2D eigenvalue weighted by Gasteiger charge is 2.16. The summed E-state index contributed by atoms with van der Waals surface area (Å²) in [6, 6.07) is 10.6. The van der Waals surface area contributed by atoms with Crippen molar-refractivity contribution < 1.29 is 4.79 Å². The van der Waals surface area contributed by atoms with Crippen LogP contribution in [-0.2, 0) is 4.79 Å². The summed E-state index contributed by atoms with van der Waals surface area (Å²) < 4.78 is 0. The van der Waals surface area contributed by atoms with E-state index in [1.165, 1.54) is 36.6 Å². The van der Waals surface area contributed by atoms with Crippen molar-refractivity contribution >= 4 is 17.7 Å². The van der Waals surface area contributed by atoms with Gasteiger partial charge < -0.3 is 5.32 Å². The van der Waals surface area contributed by atoms with Crippen LogP contribution in [0.3, 0.4) is 0 Å². The van der Waals surface area contributed by atoms with Crippen LogP contribution < -0.4 is 5.32 Å². The molecule has 0 spiro atoms. The summed E-state index contributed by atoms with van der Waals surface area (Å²) in [5.41, 5.74) is 4.12. The second-order valence-electron chi connectivity index (χ2n) is 6.73. The molecular formula is C20H25N3OS. The summed E-state index contributed by atoms with van der Waals surface area (Å²) in [6.07, 6.45) is 5.95. The summed E-state index contributed by atoms with van der Waals surface area (Å²) in [5, 5.41) is 3.80. The summed E-state index contributed by atoms with van der Waals surface area (Å²) in [7, 11) is 0. The minimum atomic E-state index is 0.0823. The third-order valence-corrected chi connectivity index (χ3v) is 5.33. The van der Waals surface area contributed by atoms with E-state index in [0.29, 0.717) is 17.0 Å². The van der Waals surface area contributed by atoms with Crippen molar-refractivity contribution in [2.45, 2.75) is 57.1 Å². The number of aromatic nitrogens is 2. The number of carbonyl (C=O) groups is 1. The molecule has 1 aromatic carbocycles. The monoisotopic (exact) mass is 355 g/mol. The van der Waals surface area contributed by atoms with Crippen molar-refractivity contribution in [1.82, 2.24) is 15.3 Å². The number of amides is 1. The standard InChI is InChI=1S/C20H25N3OS/c1-14-8-10-16(11-9-14)18-12-15(2)21-20(23-18)25-13-19(24)22-17-6-4-3-5-7-17/h8-12,17H,3-7,13H2,1-2H3,(H,22,24). The molecule has 1 aliphatic rings. The Balaban J connectivity index is 1.62. The Morgan fingerprint density at radius 1 is 1.12 bits per heavy atom. The Hall–Kier alpha value is -1.88. The van der Waals surface area contributed by atoms with Gasteiger partial charge in [0.05, 0.1) is 11.4 Å². The molecule has 1 aliphatic carbocycles. The lowest BCUT2D eigenvalue weighted by Gasteiger charge is -2.22. The fourth-order valence-electron chi connectivity index (χ4n) is 3.12. The zero-order valence-electron chi connectivity index (χ0n) is 14.9. The average molecular weight is 356 g/mol. The molecule has 0 atom stereocenters. The highest BCUT2D eigenvalue weighted by atomic mass is 32.2. The quantitative estimate of drug-likeness (QED) is 0.642. The number of benzene rings is 1. The van der Waals surface area contributed by atoms with Gasteiger partial charge in [0.2, 0.25) is 5.91 Å². The van der Waals surface area contributed by atoms with Crippen molar-refractivity contribution in [2.75, 3.05) is 5.75 Å². The molecule has 1 heterocycles. The van der Waals surface area contributed by atoms with E-state index in [9.17, 15) is 4.79 Å². The van der Waals surface area contributed by atoms with Crippen molar-refractivity contribution in [3.63, 3.8) is 0 Å². The number of thioether (sulfide) groups is 1. The van der Waals surface area contributed by atoms with E-state index in [2.05, 4.69) is 46.5 Å². The Labute approximate surface area is 153 Å². The maximum Gasteiger partial charge on any atom is 0.230 e. The van der Waals surface area contributed by atoms with E-state index in [1.807, 2.05) is 13.0 Å². The van der Waals surface area contributed by atoms with Crippen LogP contribution in [0.1, 0.15) is 43.4 Å². The Morgan fingerprint density at radius 3 is 2.56 bits per heavy atom. The molecule has 0 radical (unpaired) electrons. The van der Waals surface area contributed by atoms with Crippen LogP contribution in [0.25, 0.3) is 11.3 Å². The number of nitrogens with one attached hydrogen (secondary N) is 1.